The fraction of sp³-hybridized carbons (Fsp3) is 0.438. The van der Waals surface area contributed by atoms with E-state index in [0.717, 1.165) is 35.5 Å². The Balaban J connectivity index is 0.000000640. The van der Waals surface area contributed by atoms with Crippen LogP contribution in [0.5, 0.6) is 0 Å². The third-order valence-corrected chi connectivity index (χ3v) is 6.41. The third-order valence-electron chi connectivity index (χ3n) is 4.08. The Morgan fingerprint density at radius 2 is 1.57 bits per heavy atom. The Bertz CT molecular complexity index is 858. The summed E-state index contributed by atoms with van der Waals surface area (Å²) in [5, 5.41) is 4.26. The Kier molecular flexibility index (Phi) is 8.52. The molecule has 1 aromatic carbocycles. The van der Waals surface area contributed by atoms with Crippen LogP contribution in [0.2, 0.25) is 10.0 Å². The number of halogens is 10. The van der Waals surface area contributed by atoms with Gasteiger partial charge in [-0.05, 0) is 32.4 Å². The van der Waals surface area contributed by atoms with E-state index in [0.29, 0.717) is 0 Å². The van der Waals surface area contributed by atoms with E-state index in [1.54, 1.807) is 0 Å². The molecule has 2 nitrogen and oxygen atoms in total. The van der Waals surface area contributed by atoms with Gasteiger partial charge in [0.1, 0.15) is 8.33 Å². The molecule has 1 atom stereocenters. The summed E-state index contributed by atoms with van der Waals surface area (Å²) >= 11 is 28.7. The largest absolute Gasteiger partial charge is 0.416 e. The number of aromatic nitrogens is 2. The quantitative estimate of drug-likeness (QED) is 0.280. The summed E-state index contributed by atoms with van der Waals surface area (Å²) in [6.07, 6.45) is -3.61. The third kappa shape index (κ3) is 5.91. The normalized spacial score (nSPS) is 18.1. The zero-order valence-corrected chi connectivity index (χ0v) is 23.6. The number of hydrogen-bond donors (Lipinski definition) is 0. The molecular weight excluding hydrogens is 748 g/mol. The highest BCUT2D eigenvalue weighted by molar-refractivity contribution is 9.38. The smallest absolute Gasteiger partial charge is 0.235 e. The molecule has 28 heavy (non-hydrogen) atoms. The van der Waals surface area contributed by atoms with Crippen molar-refractivity contribution in [1.29, 1.82) is 0 Å². The van der Waals surface area contributed by atoms with Gasteiger partial charge >= 0.3 is 6.18 Å². The highest BCUT2D eigenvalue weighted by Crippen LogP contribution is 2.63. The van der Waals surface area contributed by atoms with Crippen molar-refractivity contribution in [2.24, 2.45) is 0 Å². The Morgan fingerprint density at radius 3 is 1.93 bits per heavy atom. The van der Waals surface area contributed by atoms with Crippen LogP contribution in [0.4, 0.5) is 13.2 Å². The first kappa shape index (κ1) is 25.5. The molecule has 0 amide bonds. The highest BCUT2D eigenvalue weighted by Gasteiger charge is 2.53. The average molecular weight is 760 g/mol. The highest BCUT2D eigenvalue weighted by atomic mass is 80.0. The molecule has 1 aromatic heterocycles. The zero-order valence-electron chi connectivity index (χ0n) is 14.2. The topological polar surface area (TPSA) is 17.8 Å². The first-order chi connectivity index (χ1) is 12.7. The predicted octanol–water partition coefficient (Wildman–Crippen LogP) is 9.24. The molecule has 0 spiro atoms. The van der Waals surface area contributed by atoms with Gasteiger partial charge in [0, 0.05) is 17.2 Å². The number of nitrogens with zero attached hydrogens (tertiary/aromatic N) is 2. The first-order valence-corrected chi connectivity index (χ1v) is 12.7. The van der Waals surface area contributed by atoms with Gasteiger partial charge in [-0.25, -0.2) is 4.68 Å². The van der Waals surface area contributed by atoms with Gasteiger partial charge in [0.15, 0.2) is 0 Å². The van der Waals surface area contributed by atoms with Gasteiger partial charge in [0.2, 0.25) is 0 Å². The molecule has 0 aliphatic heterocycles. The lowest BCUT2D eigenvalue weighted by Crippen LogP contribution is -2.08. The van der Waals surface area contributed by atoms with Crippen molar-refractivity contribution in [3.05, 3.63) is 44.7 Å². The summed E-state index contributed by atoms with van der Waals surface area (Å²) < 4.78 is 40.3. The molecule has 1 aliphatic carbocycles. The molecular formula is C16H12Br5Cl2F3N2. The maximum atomic E-state index is 12.9. The molecule has 3 rings (SSSR count). The minimum absolute atomic E-state index is 0.0910. The first-order valence-electron chi connectivity index (χ1n) is 7.59. The van der Waals surface area contributed by atoms with Gasteiger partial charge < -0.3 is 0 Å². The van der Waals surface area contributed by atoms with Gasteiger partial charge in [-0.3, -0.25) is 0 Å². The van der Waals surface area contributed by atoms with Crippen molar-refractivity contribution in [1.82, 2.24) is 9.78 Å². The molecule has 0 radical (unpaired) electrons. The Labute approximate surface area is 212 Å². The lowest BCUT2D eigenvalue weighted by molar-refractivity contribution is -0.137. The Hall–Kier alpha value is 1.20. The van der Waals surface area contributed by atoms with Crippen LogP contribution >= 0.6 is 103 Å². The van der Waals surface area contributed by atoms with Gasteiger partial charge in [0.25, 0.3) is 0 Å². The van der Waals surface area contributed by atoms with E-state index in [-0.39, 0.29) is 27.5 Å². The van der Waals surface area contributed by atoms with E-state index < -0.39 is 11.7 Å². The summed E-state index contributed by atoms with van der Waals surface area (Å²) in [4.78, 5) is 0. The van der Waals surface area contributed by atoms with E-state index in [1.807, 2.05) is 13.8 Å². The molecule has 0 bridgehead atoms. The van der Waals surface area contributed by atoms with Gasteiger partial charge in [-0.1, -0.05) is 103 Å². The van der Waals surface area contributed by atoms with Crippen LogP contribution in [0.3, 0.4) is 0 Å². The minimum Gasteiger partial charge on any atom is -0.235 e. The minimum atomic E-state index is -4.51. The fourth-order valence-corrected chi connectivity index (χ4v) is 4.59. The van der Waals surface area contributed by atoms with E-state index >= 15 is 0 Å². The lowest BCUT2D eigenvalue weighted by Gasteiger charge is -2.13. The monoisotopic (exact) mass is 754 g/mol. The number of aryl methyl sites for hydroxylation is 1. The zero-order chi connectivity index (χ0) is 21.6. The van der Waals surface area contributed by atoms with Crippen LogP contribution in [0.25, 0.3) is 5.69 Å². The van der Waals surface area contributed by atoms with Crippen LogP contribution in [0, 0.1) is 13.8 Å². The van der Waals surface area contributed by atoms with Crippen LogP contribution in [0.15, 0.2) is 12.1 Å². The second kappa shape index (κ2) is 9.36. The maximum absolute atomic E-state index is 12.9. The average Bonchev–Trinajstić information content (AvgIpc) is 3.01. The fourth-order valence-electron chi connectivity index (χ4n) is 2.83. The molecule has 1 saturated carbocycles. The lowest BCUT2D eigenvalue weighted by atomic mass is 10.1. The number of hydrogen-bond acceptors (Lipinski definition) is 1. The molecule has 0 N–H and O–H groups in total. The van der Waals surface area contributed by atoms with Crippen molar-refractivity contribution in [2.75, 3.05) is 0 Å². The standard InChI is InChI=1S/C15H11Br2Cl2F3N2.CHBr3/c1-6-12(9-5-14(9,16)17)7(2)24(23-6)13-10(18)3-8(4-11(13)19)15(20,21)22;2-1(3)4/h3-4,9H,5H2,1-2H3;1H. The summed E-state index contributed by atoms with van der Waals surface area (Å²) in [6, 6.07) is 1.74. The van der Waals surface area contributed by atoms with Gasteiger partial charge in [0.05, 0.1) is 24.5 Å². The van der Waals surface area contributed by atoms with Crippen molar-refractivity contribution < 1.29 is 13.2 Å². The molecule has 12 heteroatoms. The molecule has 156 valence electrons. The molecule has 2 aromatic rings. The summed E-state index contributed by atoms with van der Waals surface area (Å²) in [6.45, 7) is 3.72. The molecule has 0 saturated heterocycles. The molecule has 1 aliphatic rings. The second-order valence-electron chi connectivity index (χ2n) is 6.05. The van der Waals surface area contributed by atoms with Crippen LogP contribution in [-0.2, 0) is 6.18 Å². The van der Waals surface area contributed by atoms with Crippen molar-refractivity contribution in [2.45, 2.75) is 38.2 Å². The number of benzene rings is 1. The molecule has 1 unspecified atom stereocenters. The van der Waals surface area contributed by atoms with Crippen LogP contribution < -0.4 is 0 Å². The maximum Gasteiger partial charge on any atom is 0.416 e. The van der Waals surface area contributed by atoms with E-state index in [9.17, 15) is 13.2 Å². The number of alkyl halides is 8. The van der Waals surface area contributed by atoms with E-state index in [1.165, 1.54) is 4.68 Å². The number of rotatable bonds is 2. The van der Waals surface area contributed by atoms with Crippen molar-refractivity contribution in [3.63, 3.8) is 0 Å². The Morgan fingerprint density at radius 1 is 1.14 bits per heavy atom. The molecule has 1 fully saturated rings. The SMILES string of the molecule is BrC(Br)Br.Cc1nn(-c2c(Cl)cc(C(F)(F)F)cc2Cl)c(C)c1C1CC1(Br)Br. The second-order valence-corrected chi connectivity index (χ2v) is 17.2. The predicted molar refractivity (Wildman–Crippen MR) is 127 cm³/mol. The molecule has 1 heterocycles. The summed E-state index contributed by atoms with van der Waals surface area (Å²) in [5.74, 6) is 0.234. The van der Waals surface area contributed by atoms with E-state index in [4.69, 9.17) is 23.2 Å². The van der Waals surface area contributed by atoms with Crippen molar-refractivity contribution >= 4 is 103 Å². The van der Waals surface area contributed by atoms with E-state index in [2.05, 4.69) is 84.7 Å². The van der Waals surface area contributed by atoms with Crippen molar-refractivity contribution in [3.8, 4) is 5.69 Å². The van der Waals surface area contributed by atoms with Gasteiger partial charge in [-0.2, -0.15) is 18.3 Å². The summed E-state index contributed by atoms with van der Waals surface area (Å²) in [5.41, 5.74) is 2.02. The van der Waals surface area contributed by atoms with Crippen LogP contribution in [-0.4, -0.2) is 15.7 Å². The van der Waals surface area contributed by atoms with Gasteiger partial charge in [-0.15, -0.1) is 0 Å². The van der Waals surface area contributed by atoms with Crippen LogP contribution in [0.1, 0.15) is 34.9 Å². The summed E-state index contributed by atoms with van der Waals surface area (Å²) in [7, 11) is 0.